The Bertz CT molecular complexity index is 894. The van der Waals surface area contributed by atoms with Crippen molar-refractivity contribution in [3.8, 4) is 6.07 Å². The molecule has 1 aliphatic rings. The molecule has 2 aromatic rings. The van der Waals surface area contributed by atoms with E-state index in [0.29, 0.717) is 37.2 Å². The molecule has 3 rings (SSSR count). The third-order valence-electron chi connectivity index (χ3n) is 5.50. The molecule has 2 amide bonds. The number of nitrogens with one attached hydrogen (secondary N) is 1. The lowest BCUT2D eigenvalue weighted by molar-refractivity contribution is -0.119. The summed E-state index contributed by atoms with van der Waals surface area (Å²) in [5.41, 5.74) is 8.48. The highest BCUT2D eigenvalue weighted by atomic mass is 16.2. The second-order valence-corrected chi connectivity index (χ2v) is 7.73. The van der Waals surface area contributed by atoms with Crippen molar-refractivity contribution in [2.75, 3.05) is 18.4 Å². The molecular formula is C24H28N4O2. The molecule has 0 bridgehead atoms. The number of hydrogen-bond acceptors (Lipinski definition) is 4. The summed E-state index contributed by atoms with van der Waals surface area (Å²) in [5, 5.41) is 11.9. The van der Waals surface area contributed by atoms with Crippen LogP contribution in [0.5, 0.6) is 0 Å². The lowest BCUT2D eigenvalue weighted by Crippen LogP contribution is -2.32. The molecule has 156 valence electrons. The Morgan fingerprint density at radius 1 is 1.07 bits per heavy atom. The summed E-state index contributed by atoms with van der Waals surface area (Å²) in [6.07, 6.45) is 4.90. The number of amides is 2. The van der Waals surface area contributed by atoms with Gasteiger partial charge in [0.2, 0.25) is 5.91 Å². The lowest BCUT2D eigenvalue weighted by Gasteiger charge is -2.23. The predicted molar refractivity (Wildman–Crippen MR) is 117 cm³/mol. The predicted octanol–water partition coefficient (Wildman–Crippen LogP) is 3.68. The van der Waals surface area contributed by atoms with Crippen molar-refractivity contribution in [2.45, 2.75) is 38.6 Å². The van der Waals surface area contributed by atoms with Gasteiger partial charge < -0.3 is 16.0 Å². The second-order valence-electron chi connectivity index (χ2n) is 7.73. The van der Waals surface area contributed by atoms with Crippen molar-refractivity contribution < 1.29 is 9.59 Å². The van der Waals surface area contributed by atoms with Gasteiger partial charge >= 0.3 is 0 Å². The van der Waals surface area contributed by atoms with Gasteiger partial charge in [-0.05, 0) is 67.8 Å². The third-order valence-corrected chi connectivity index (χ3v) is 5.50. The van der Waals surface area contributed by atoms with Gasteiger partial charge in [-0.25, -0.2) is 0 Å². The van der Waals surface area contributed by atoms with Crippen molar-refractivity contribution >= 4 is 17.5 Å². The van der Waals surface area contributed by atoms with Crippen LogP contribution in [-0.4, -0.2) is 29.8 Å². The fourth-order valence-electron chi connectivity index (χ4n) is 3.75. The maximum Gasteiger partial charge on any atom is 0.254 e. The standard InChI is InChI=1S/C24H28N4O2/c25-14-3-15-28(24(30)21-10-6-18(16-26)7-11-21)17-19-8-12-22(13-9-19)27-23(29)20-4-1-2-5-20/h6-13,20H,1-5,14-15,17,25H2,(H,27,29). The smallest absolute Gasteiger partial charge is 0.254 e. The molecule has 0 aromatic heterocycles. The summed E-state index contributed by atoms with van der Waals surface area (Å²) in [6, 6.07) is 16.4. The first-order valence-corrected chi connectivity index (χ1v) is 10.5. The highest BCUT2D eigenvalue weighted by molar-refractivity contribution is 5.94. The minimum atomic E-state index is -0.0912. The Balaban J connectivity index is 1.65. The number of carbonyl (C=O) groups is 2. The van der Waals surface area contributed by atoms with Gasteiger partial charge in [0.05, 0.1) is 11.6 Å². The van der Waals surface area contributed by atoms with Crippen molar-refractivity contribution in [3.05, 3.63) is 65.2 Å². The summed E-state index contributed by atoms with van der Waals surface area (Å²) < 4.78 is 0. The molecule has 1 saturated carbocycles. The Kier molecular flexibility index (Phi) is 7.58. The van der Waals surface area contributed by atoms with E-state index in [2.05, 4.69) is 11.4 Å². The summed E-state index contributed by atoms with van der Waals surface area (Å²) in [5.74, 6) is 0.133. The van der Waals surface area contributed by atoms with Gasteiger partial charge in [-0.1, -0.05) is 25.0 Å². The highest BCUT2D eigenvalue weighted by Gasteiger charge is 2.22. The molecule has 0 radical (unpaired) electrons. The third kappa shape index (κ3) is 5.68. The molecule has 6 nitrogen and oxygen atoms in total. The number of nitrogens with zero attached hydrogens (tertiary/aromatic N) is 2. The van der Waals surface area contributed by atoms with Crippen LogP contribution < -0.4 is 11.1 Å². The van der Waals surface area contributed by atoms with Crippen LogP contribution in [0.1, 0.15) is 53.6 Å². The van der Waals surface area contributed by atoms with Gasteiger partial charge in [-0.15, -0.1) is 0 Å². The van der Waals surface area contributed by atoms with Crippen LogP contribution in [0.15, 0.2) is 48.5 Å². The SMILES string of the molecule is N#Cc1ccc(C(=O)N(CCCN)Cc2ccc(NC(=O)C3CCCC3)cc2)cc1. The van der Waals surface area contributed by atoms with Crippen molar-refractivity contribution in [1.82, 2.24) is 4.90 Å². The quantitative estimate of drug-likeness (QED) is 0.701. The number of benzene rings is 2. The van der Waals surface area contributed by atoms with Crippen molar-refractivity contribution in [3.63, 3.8) is 0 Å². The molecule has 30 heavy (non-hydrogen) atoms. The number of anilines is 1. The molecule has 0 aliphatic heterocycles. The number of nitrogens with two attached hydrogens (primary N) is 1. The van der Waals surface area contributed by atoms with Crippen LogP contribution in [0.3, 0.4) is 0 Å². The van der Waals surface area contributed by atoms with Crippen molar-refractivity contribution in [2.24, 2.45) is 11.7 Å². The topological polar surface area (TPSA) is 99.2 Å². The van der Waals surface area contributed by atoms with E-state index in [4.69, 9.17) is 11.0 Å². The molecule has 0 atom stereocenters. The fourth-order valence-corrected chi connectivity index (χ4v) is 3.75. The molecule has 6 heteroatoms. The molecule has 1 aliphatic carbocycles. The summed E-state index contributed by atoms with van der Waals surface area (Å²) in [4.78, 5) is 27.0. The van der Waals surface area contributed by atoms with E-state index in [1.54, 1.807) is 29.2 Å². The van der Waals surface area contributed by atoms with Crippen LogP contribution >= 0.6 is 0 Å². The summed E-state index contributed by atoms with van der Waals surface area (Å²) in [6.45, 7) is 1.51. The zero-order valence-corrected chi connectivity index (χ0v) is 17.1. The highest BCUT2D eigenvalue weighted by Crippen LogP contribution is 2.26. The van der Waals surface area contributed by atoms with E-state index in [-0.39, 0.29) is 17.7 Å². The first-order chi connectivity index (χ1) is 14.6. The number of hydrogen-bond donors (Lipinski definition) is 2. The minimum Gasteiger partial charge on any atom is -0.334 e. The van der Waals surface area contributed by atoms with Crippen LogP contribution in [0.4, 0.5) is 5.69 Å². The first kappa shape index (κ1) is 21.5. The van der Waals surface area contributed by atoms with Gasteiger partial charge in [-0.2, -0.15) is 5.26 Å². The van der Waals surface area contributed by atoms with Crippen LogP contribution in [0, 0.1) is 17.2 Å². The molecule has 0 saturated heterocycles. The molecule has 2 aromatic carbocycles. The van der Waals surface area contributed by atoms with Crippen molar-refractivity contribution in [1.29, 1.82) is 5.26 Å². The maximum absolute atomic E-state index is 13.0. The zero-order valence-electron chi connectivity index (χ0n) is 17.1. The molecule has 0 unspecified atom stereocenters. The van der Waals surface area contributed by atoms with E-state index in [9.17, 15) is 9.59 Å². The second kappa shape index (κ2) is 10.6. The Morgan fingerprint density at radius 2 is 1.73 bits per heavy atom. The number of rotatable bonds is 8. The van der Waals surface area contributed by atoms with Crippen LogP contribution in [0.25, 0.3) is 0 Å². The van der Waals surface area contributed by atoms with Gasteiger partial charge in [0.1, 0.15) is 0 Å². The van der Waals surface area contributed by atoms with Crippen LogP contribution in [-0.2, 0) is 11.3 Å². The Morgan fingerprint density at radius 3 is 2.33 bits per heavy atom. The fraction of sp³-hybridized carbons (Fsp3) is 0.375. The molecule has 1 fully saturated rings. The Hall–Kier alpha value is -3.17. The average Bonchev–Trinajstić information content (AvgIpc) is 3.32. The van der Waals surface area contributed by atoms with E-state index >= 15 is 0 Å². The van der Waals surface area contributed by atoms with E-state index in [0.717, 1.165) is 36.9 Å². The van der Waals surface area contributed by atoms with E-state index < -0.39 is 0 Å². The first-order valence-electron chi connectivity index (χ1n) is 10.5. The largest absolute Gasteiger partial charge is 0.334 e. The molecule has 0 heterocycles. The molecule has 3 N–H and O–H groups in total. The van der Waals surface area contributed by atoms with Gasteiger partial charge in [0, 0.05) is 30.3 Å². The average molecular weight is 405 g/mol. The van der Waals surface area contributed by atoms with E-state index in [1.165, 1.54) is 0 Å². The van der Waals surface area contributed by atoms with Gasteiger partial charge in [0.25, 0.3) is 5.91 Å². The van der Waals surface area contributed by atoms with E-state index in [1.807, 2.05) is 24.3 Å². The number of nitriles is 1. The molecule has 0 spiro atoms. The Labute approximate surface area is 177 Å². The monoisotopic (exact) mass is 404 g/mol. The lowest BCUT2D eigenvalue weighted by atomic mass is 10.1. The zero-order chi connectivity index (χ0) is 21.3. The number of carbonyl (C=O) groups excluding carboxylic acids is 2. The minimum absolute atomic E-state index is 0.0912. The maximum atomic E-state index is 13.0. The normalized spacial score (nSPS) is 13.6. The van der Waals surface area contributed by atoms with Gasteiger partial charge in [0.15, 0.2) is 0 Å². The van der Waals surface area contributed by atoms with Gasteiger partial charge in [-0.3, -0.25) is 9.59 Å². The molecular weight excluding hydrogens is 376 g/mol. The van der Waals surface area contributed by atoms with Crippen LogP contribution in [0.2, 0.25) is 0 Å². The summed E-state index contributed by atoms with van der Waals surface area (Å²) in [7, 11) is 0. The summed E-state index contributed by atoms with van der Waals surface area (Å²) >= 11 is 0.